The minimum absolute atomic E-state index is 0.0871. The standard InChI is InChI=1S/C10H12N2O5/c1-6(10(15)16)12-8(13)5-11-9(14)7-3-2-4-17-7/h2-4,6H,5H2,1H3,(H,11,14)(H,12,13)(H,15,16)/t6-/m0/s1. The smallest absolute Gasteiger partial charge is 0.325 e. The summed E-state index contributed by atoms with van der Waals surface area (Å²) in [6, 6.07) is 2.00. The van der Waals surface area contributed by atoms with Crippen molar-refractivity contribution in [1.82, 2.24) is 10.6 Å². The van der Waals surface area contributed by atoms with Gasteiger partial charge in [-0.05, 0) is 19.1 Å². The molecule has 0 saturated carbocycles. The summed E-state index contributed by atoms with van der Waals surface area (Å²) >= 11 is 0. The van der Waals surface area contributed by atoms with Crippen LogP contribution in [0.1, 0.15) is 17.5 Å². The number of carboxylic acid groups (broad SMARTS) is 1. The molecule has 7 nitrogen and oxygen atoms in total. The Kier molecular flexibility index (Phi) is 4.27. The Hall–Kier alpha value is -2.31. The minimum atomic E-state index is -1.14. The number of carbonyl (C=O) groups is 3. The van der Waals surface area contributed by atoms with Crippen molar-refractivity contribution < 1.29 is 23.9 Å². The largest absolute Gasteiger partial charge is 0.480 e. The number of hydrogen-bond acceptors (Lipinski definition) is 4. The van der Waals surface area contributed by atoms with Crippen molar-refractivity contribution in [2.24, 2.45) is 0 Å². The summed E-state index contributed by atoms with van der Waals surface area (Å²) in [6.45, 7) is 1.02. The zero-order valence-corrected chi connectivity index (χ0v) is 9.10. The maximum atomic E-state index is 11.3. The summed E-state index contributed by atoms with van der Waals surface area (Å²) in [5, 5.41) is 13.0. The third-order valence-corrected chi connectivity index (χ3v) is 1.90. The Morgan fingerprint density at radius 1 is 1.47 bits per heavy atom. The van der Waals surface area contributed by atoms with E-state index in [-0.39, 0.29) is 12.3 Å². The van der Waals surface area contributed by atoms with Crippen LogP contribution in [0.4, 0.5) is 0 Å². The van der Waals surface area contributed by atoms with Gasteiger partial charge in [0.25, 0.3) is 5.91 Å². The number of furan rings is 1. The molecule has 0 radical (unpaired) electrons. The molecule has 92 valence electrons. The first-order valence-corrected chi connectivity index (χ1v) is 4.84. The fourth-order valence-electron chi connectivity index (χ4n) is 1.01. The second-order valence-electron chi connectivity index (χ2n) is 3.29. The van der Waals surface area contributed by atoms with Crippen molar-refractivity contribution in [2.45, 2.75) is 13.0 Å². The van der Waals surface area contributed by atoms with Gasteiger partial charge in [0.2, 0.25) is 5.91 Å². The van der Waals surface area contributed by atoms with Gasteiger partial charge in [0.05, 0.1) is 12.8 Å². The maximum Gasteiger partial charge on any atom is 0.325 e. The third kappa shape index (κ3) is 3.98. The van der Waals surface area contributed by atoms with Crippen molar-refractivity contribution >= 4 is 17.8 Å². The molecule has 1 atom stereocenters. The average molecular weight is 240 g/mol. The Balaban J connectivity index is 2.34. The van der Waals surface area contributed by atoms with E-state index in [1.165, 1.54) is 19.3 Å². The first-order chi connectivity index (χ1) is 8.00. The molecule has 1 aromatic rings. The zero-order valence-electron chi connectivity index (χ0n) is 9.10. The fraction of sp³-hybridized carbons (Fsp3) is 0.300. The van der Waals surface area contributed by atoms with Crippen LogP contribution in [-0.2, 0) is 9.59 Å². The molecule has 0 spiro atoms. The molecule has 0 aliphatic heterocycles. The van der Waals surface area contributed by atoms with E-state index < -0.39 is 23.8 Å². The molecule has 0 aromatic carbocycles. The first-order valence-electron chi connectivity index (χ1n) is 4.84. The Morgan fingerprint density at radius 3 is 2.71 bits per heavy atom. The number of aliphatic carboxylic acids is 1. The van der Waals surface area contributed by atoms with E-state index in [9.17, 15) is 14.4 Å². The van der Waals surface area contributed by atoms with Crippen molar-refractivity contribution in [2.75, 3.05) is 6.54 Å². The lowest BCUT2D eigenvalue weighted by Gasteiger charge is -2.09. The van der Waals surface area contributed by atoms with Gasteiger partial charge in [0, 0.05) is 0 Å². The molecule has 1 rings (SSSR count). The first kappa shape index (κ1) is 12.8. The molecular formula is C10H12N2O5. The summed E-state index contributed by atoms with van der Waals surface area (Å²) in [4.78, 5) is 33.0. The Labute approximate surface area is 96.8 Å². The van der Waals surface area contributed by atoms with Gasteiger partial charge in [-0.3, -0.25) is 14.4 Å². The molecule has 0 aliphatic carbocycles. The number of carbonyl (C=O) groups excluding carboxylic acids is 2. The van der Waals surface area contributed by atoms with Gasteiger partial charge >= 0.3 is 5.97 Å². The van der Waals surface area contributed by atoms with Crippen LogP contribution < -0.4 is 10.6 Å². The predicted molar refractivity (Wildman–Crippen MR) is 56.3 cm³/mol. The number of rotatable bonds is 5. The molecule has 0 bridgehead atoms. The van der Waals surface area contributed by atoms with Crippen LogP contribution in [0.25, 0.3) is 0 Å². The molecule has 0 unspecified atom stereocenters. The topological polar surface area (TPSA) is 109 Å². The van der Waals surface area contributed by atoms with Gasteiger partial charge < -0.3 is 20.2 Å². The van der Waals surface area contributed by atoms with Gasteiger partial charge in [0.1, 0.15) is 6.04 Å². The molecule has 2 amide bonds. The van der Waals surface area contributed by atoms with Gasteiger partial charge in [-0.25, -0.2) is 0 Å². The normalized spacial score (nSPS) is 11.6. The second kappa shape index (κ2) is 5.69. The van der Waals surface area contributed by atoms with Crippen LogP contribution in [0.5, 0.6) is 0 Å². The average Bonchev–Trinajstić information content (AvgIpc) is 2.79. The molecule has 1 aromatic heterocycles. The van der Waals surface area contributed by atoms with E-state index in [2.05, 4.69) is 10.6 Å². The molecule has 0 saturated heterocycles. The number of nitrogens with one attached hydrogen (secondary N) is 2. The fourth-order valence-corrected chi connectivity index (χ4v) is 1.01. The summed E-state index contributed by atoms with van der Waals surface area (Å²) in [5.41, 5.74) is 0. The van der Waals surface area contributed by atoms with Crippen molar-refractivity contribution in [3.63, 3.8) is 0 Å². The SMILES string of the molecule is C[C@H](NC(=O)CNC(=O)c1ccco1)C(=O)O. The van der Waals surface area contributed by atoms with Crippen LogP contribution in [0.3, 0.4) is 0 Å². The summed E-state index contributed by atoms with van der Waals surface area (Å²) < 4.78 is 4.81. The lowest BCUT2D eigenvalue weighted by molar-refractivity contribution is -0.141. The highest BCUT2D eigenvalue weighted by Crippen LogP contribution is 1.98. The number of carboxylic acids is 1. The zero-order chi connectivity index (χ0) is 12.8. The van der Waals surface area contributed by atoms with Gasteiger partial charge in [0.15, 0.2) is 5.76 Å². The molecular weight excluding hydrogens is 228 g/mol. The van der Waals surface area contributed by atoms with Crippen LogP contribution in [0, 0.1) is 0 Å². The Morgan fingerprint density at radius 2 is 2.18 bits per heavy atom. The van der Waals surface area contributed by atoms with E-state index in [1.807, 2.05) is 0 Å². The Bertz CT molecular complexity index is 412. The molecule has 3 N–H and O–H groups in total. The highest BCUT2D eigenvalue weighted by Gasteiger charge is 2.15. The highest BCUT2D eigenvalue weighted by atomic mass is 16.4. The van der Waals surface area contributed by atoms with E-state index in [4.69, 9.17) is 9.52 Å². The van der Waals surface area contributed by atoms with E-state index in [1.54, 1.807) is 6.07 Å². The monoisotopic (exact) mass is 240 g/mol. The third-order valence-electron chi connectivity index (χ3n) is 1.90. The highest BCUT2D eigenvalue weighted by molar-refractivity contribution is 5.94. The second-order valence-corrected chi connectivity index (χ2v) is 3.29. The molecule has 0 fully saturated rings. The van der Waals surface area contributed by atoms with Gasteiger partial charge in [-0.2, -0.15) is 0 Å². The molecule has 17 heavy (non-hydrogen) atoms. The molecule has 0 aliphatic rings. The lowest BCUT2D eigenvalue weighted by atomic mass is 10.3. The molecule has 1 heterocycles. The van der Waals surface area contributed by atoms with E-state index in [0.29, 0.717) is 0 Å². The van der Waals surface area contributed by atoms with E-state index in [0.717, 1.165) is 0 Å². The summed E-state index contributed by atoms with van der Waals surface area (Å²) in [5.74, 6) is -2.17. The van der Waals surface area contributed by atoms with Crippen LogP contribution in [-0.4, -0.2) is 35.5 Å². The van der Waals surface area contributed by atoms with Crippen LogP contribution in [0.2, 0.25) is 0 Å². The van der Waals surface area contributed by atoms with Crippen molar-refractivity contribution in [3.05, 3.63) is 24.2 Å². The number of hydrogen-bond donors (Lipinski definition) is 3. The number of amides is 2. The summed E-state index contributed by atoms with van der Waals surface area (Å²) in [7, 11) is 0. The quantitative estimate of drug-likeness (QED) is 0.648. The van der Waals surface area contributed by atoms with Crippen molar-refractivity contribution in [3.8, 4) is 0 Å². The predicted octanol–water partition coefficient (Wildman–Crippen LogP) is -0.401. The molecule has 7 heteroatoms. The minimum Gasteiger partial charge on any atom is -0.480 e. The van der Waals surface area contributed by atoms with Crippen molar-refractivity contribution in [1.29, 1.82) is 0 Å². The van der Waals surface area contributed by atoms with Crippen LogP contribution >= 0.6 is 0 Å². The van der Waals surface area contributed by atoms with E-state index >= 15 is 0 Å². The van der Waals surface area contributed by atoms with Crippen LogP contribution in [0.15, 0.2) is 22.8 Å². The van der Waals surface area contributed by atoms with Gasteiger partial charge in [-0.15, -0.1) is 0 Å². The van der Waals surface area contributed by atoms with Gasteiger partial charge in [-0.1, -0.05) is 0 Å². The summed E-state index contributed by atoms with van der Waals surface area (Å²) in [6.07, 6.45) is 1.33. The maximum absolute atomic E-state index is 11.3. The lowest BCUT2D eigenvalue weighted by Crippen LogP contribution is -2.43.